The van der Waals surface area contributed by atoms with Gasteiger partial charge < -0.3 is 20.6 Å². The second-order valence-corrected chi connectivity index (χ2v) is 14.2. The van der Waals surface area contributed by atoms with Crippen LogP contribution in [-0.4, -0.2) is 51.9 Å². The summed E-state index contributed by atoms with van der Waals surface area (Å²) in [5, 5.41) is 15.0. The molecule has 48 heavy (non-hydrogen) atoms. The van der Waals surface area contributed by atoms with Gasteiger partial charge in [0.25, 0.3) is 20.2 Å². The summed E-state index contributed by atoms with van der Waals surface area (Å²) < 4.78 is 127. The summed E-state index contributed by atoms with van der Waals surface area (Å²) in [6, 6.07) is 16.7. The van der Waals surface area contributed by atoms with Crippen LogP contribution >= 0.6 is 0 Å². The van der Waals surface area contributed by atoms with Crippen molar-refractivity contribution in [2.75, 3.05) is 11.5 Å². The normalized spacial score (nSPS) is 12.1. The molecule has 0 bridgehead atoms. The van der Waals surface area contributed by atoms with E-state index in [1.165, 1.54) is 48.5 Å². The van der Waals surface area contributed by atoms with Crippen LogP contribution in [0, 0.1) is 0 Å². The van der Waals surface area contributed by atoms with Crippen molar-refractivity contribution in [2.24, 2.45) is 20.5 Å². The summed E-state index contributed by atoms with van der Waals surface area (Å²) in [5.74, 6) is 0. The molecule has 18 nitrogen and oxygen atoms in total. The summed E-state index contributed by atoms with van der Waals surface area (Å²) in [6.07, 6.45) is 0. The second kappa shape index (κ2) is 17.3. The van der Waals surface area contributed by atoms with Gasteiger partial charge in [0.15, 0.2) is 0 Å². The fraction of sp³-hybridized carbons (Fsp3) is 0. The van der Waals surface area contributed by atoms with E-state index in [1.807, 2.05) is 0 Å². The Hall–Kier alpha value is -2.68. The summed E-state index contributed by atoms with van der Waals surface area (Å²) >= 11 is 0. The molecule has 0 heterocycles. The minimum atomic E-state index is -4.73. The first-order chi connectivity index (χ1) is 21.1. The first-order valence-electron chi connectivity index (χ1n) is 11.8. The van der Waals surface area contributed by atoms with Gasteiger partial charge in [0.05, 0.1) is 42.3 Å². The van der Waals surface area contributed by atoms with Gasteiger partial charge in [-0.3, -0.25) is 9.11 Å². The Morgan fingerprint density at radius 3 is 0.958 bits per heavy atom. The number of hydrogen-bond acceptors (Lipinski definition) is 16. The average Bonchev–Trinajstić information content (AvgIpc) is 2.95. The first-order valence-corrected chi connectivity index (χ1v) is 17.5. The summed E-state index contributed by atoms with van der Waals surface area (Å²) in [7, 11) is -18.1. The molecule has 0 saturated carbocycles. The monoisotopic (exact) mass is 758 g/mol. The van der Waals surface area contributed by atoms with Gasteiger partial charge in [-0.15, -0.1) is 0 Å². The number of azo groups is 2. The fourth-order valence-corrected chi connectivity index (χ4v) is 5.41. The third kappa shape index (κ3) is 13.0. The number of benzene rings is 4. The van der Waals surface area contributed by atoms with Crippen molar-refractivity contribution in [2.45, 2.75) is 19.6 Å². The van der Waals surface area contributed by atoms with E-state index >= 15 is 0 Å². The molecule has 6 N–H and O–H groups in total. The van der Waals surface area contributed by atoms with E-state index in [0.717, 1.165) is 36.4 Å². The smallest absolute Gasteiger partial charge is 0.744 e. The number of nitrogen functional groups attached to an aromatic ring is 2. The summed E-state index contributed by atoms with van der Waals surface area (Å²) in [5.41, 5.74) is 11.1. The summed E-state index contributed by atoms with van der Waals surface area (Å²) in [4.78, 5) is -1.81. The number of nitrogens with two attached hydrogens (primary N) is 2. The molecule has 0 unspecified atom stereocenters. The van der Waals surface area contributed by atoms with E-state index in [0.29, 0.717) is 0 Å². The fourth-order valence-electron chi connectivity index (χ4n) is 3.20. The zero-order valence-electron chi connectivity index (χ0n) is 24.6. The maximum atomic E-state index is 11.0. The Kier molecular flexibility index (Phi) is 15.6. The number of hydrogen-bond donors (Lipinski definition) is 4. The van der Waals surface area contributed by atoms with Crippen molar-refractivity contribution >= 4 is 74.6 Å². The van der Waals surface area contributed by atoms with Crippen molar-refractivity contribution < 1.29 is 111 Å². The van der Waals surface area contributed by atoms with Crippen LogP contribution in [0.3, 0.4) is 0 Å². The van der Waals surface area contributed by atoms with E-state index in [2.05, 4.69) is 20.5 Å². The van der Waals surface area contributed by atoms with Crippen LogP contribution in [-0.2, 0) is 40.5 Å². The van der Waals surface area contributed by atoms with Crippen molar-refractivity contribution in [3.8, 4) is 0 Å². The largest absolute Gasteiger partial charge is 1.00 e. The molecule has 0 aliphatic heterocycles. The standard InChI is InChI=1S/2C12H11N3O6S2.2Na/c2*13-11-6-3-9(7-12(11)23(19,20)21)15-14-8-1-4-10(5-2-8)22(16,17)18;;/h2*1-7H,13H2,(H,16,17,18)(H,19,20,21);;/q;;2*+1/p-2. The maximum absolute atomic E-state index is 11.0. The maximum Gasteiger partial charge on any atom is 1.00 e. The van der Waals surface area contributed by atoms with Gasteiger partial charge in [-0.25, -0.2) is 16.8 Å². The predicted molar refractivity (Wildman–Crippen MR) is 159 cm³/mol. The Labute approximate surface area is 319 Å². The molecule has 244 valence electrons. The topological polar surface area (TPSA) is 325 Å². The van der Waals surface area contributed by atoms with Gasteiger partial charge in [-0.2, -0.15) is 37.3 Å². The van der Waals surface area contributed by atoms with E-state index in [1.54, 1.807) is 0 Å². The minimum Gasteiger partial charge on any atom is -0.744 e. The Morgan fingerprint density at radius 2 is 0.708 bits per heavy atom. The van der Waals surface area contributed by atoms with E-state index < -0.39 is 50.3 Å². The molecule has 4 aromatic rings. The molecule has 0 fully saturated rings. The molecule has 0 aliphatic carbocycles. The molecule has 4 aromatic carbocycles. The van der Waals surface area contributed by atoms with Crippen LogP contribution < -0.4 is 70.6 Å². The zero-order chi connectivity index (χ0) is 34.5. The van der Waals surface area contributed by atoms with Gasteiger partial charge in [-0.05, 0) is 84.9 Å². The molecule has 0 radical (unpaired) electrons. The zero-order valence-corrected chi connectivity index (χ0v) is 31.9. The Balaban J connectivity index is 0.000000461. The number of rotatable bonds is 8. The average molecular weight is 759 g/mol. The minimum absolute atomic E-state index is 0. The van der Waals surface area contributed by atoms with Gasteiger partial charge >= 0.3 is 59.1 Å². The molecular formula is C24H20N6Na2O12S4. The van der Waals surface area contributed by atoms with Crippen LogP contribution in [0.15, 0.2) is 125 Å². The Bertz CT molecular complexity index is 2110. The van der Waals surface area contributed by atoms with Gasteiger partial charge in [0.2, 0.25) is 0 Å². The number of anilines is 2. The van der Waals surface area contributed by atoms with Crippen LogP contribution in [0.4, 0.5) is 34.1 Å². The third-order valence-corrected chi connectivity index (χ3v) is 8.88. The van der Waals surface area contributed by atoms with Crippen LogP contribution in [0.2, 0.25) is 0 Å². The second-order valence-electron chi connectivity index (χ2n) is 8.69. The molecule has 0 spiro atoms. The van der Waals surface area contributed by atoms with E-state index in [-0.39, 0.29) is 103 Å². The predicted octanol–water partition coefficient (Wildman–Crippen LogP) is -2.32. The molecule has 0 aliphatic rings. The van der Waals surface area contributed by atoms with Gasteiger partial charge in [0.1, 0.15) is 20.2 Å². The van der Waals surface area contributed by atoms with Crippen LogP contribution in [0.25, 0.3) is 0 Å². The van der Waals surface area contributed by atoms with Crippen molar-refractivity contribution in [3.63, 3.8) is 0 Å². The Morgan fingerprint density at radius 1 is 0.458 bits per heavy atom. The molecule has 0 atom stereocenters. The SMILES string of the molecule is Nc1ccc(N=Nc2ccc(S(=O)(=O)O)cc2)cc1S(=O)(=O)[O-].Nc1ccc(N=Nc2ccc(S(=O)(=O)O)cc2)cc1S(=O)(=O)[O-].[Na+].[Na+]. The molecule has 4 rings (SSSR count). The number of nitrogens with zero attached hydrogens (tertiary/aromatic N) is 4. The first kappa shape index (κ1) is 43.3. The van der Waals surface area contributed by atoms with Crippen molar-refractivity contribution in [1.82, 2.24) is 0 Å². The molecular weight excluding hydrogens is 739 g/mol. The van der Waals surface area contributed by atoms with E-state index in [9.17, 15) is 42.8 Å². The van der Waals surface area contributed by atoms with Crippen molar-refractivity contribution in [1.29, 1.82) is 0 Å². The van der Waals surface area contributed by atoms with Gasteiger partial charge in [0, 0.05) is 11.4 Å². The van der Waals surface area contributed by atoms with Crippen molar-refractivity contribution in [3.05, 3.63) is 84.9 Å². The van der Waals surface area contributed by atoms with Crippen LogP contribution in [0.1, 0.15) is 0 Å². The molecule has 0 amide bonds. The molecule has 24 heteroatoms. The molecule has 0 aromatic heterocycles. The van der Waals surface area contributed by atoms with Crippen LogP contribution in [0.5, 0.6) is 0 Å². The quantitative estimate of drug-likeness (QED) is 0.0635. The van der Waals surface area contributed by atoms with E-state index in [4.69, 9.17) is 20.6 Å². The summed E-state index contributed by atoms with van der Waals surface area (Å²) in [6.45, 7) is 0. The third-order valence-electron chi connectivity index (χ3n) is 5.36. The molecule has 0 saturated heterocycles. The van der Waals surface area contributed by atoms with Gasteiger partial charge in [-0.1, -0.05) is 0 Å².